The van der Waals surface area contributed by atoms with Crippen molar-refractivity contribution in [3.05, 3.63) is 36.5 Å². The third-order valence-electron chi connectivity index (χ3n) is 15.2. The van der Waals surface area contributed by atoms with E-state index in [0.717, 1.165) is 64.2 Å². The summed E-state index contributed by atoms with van der Waals surface area (Å²) in [6, 6.07) is -0.973. The van der Waals surface area contributed by atoms with Gasteiger partial charge in [-0.3, -0.25) is 4.79 Å². The van der Waals surface area contributed by atoms with Gasteiger partial charge in [-0.25, -0.2) is 0 Å². The fourth-order valence-corrected chi connectivity index (χ4v) is 10.2. The SMILES string of the molecule is CCCCCCC/C=C\C/C=C\CCCCCCCCCCCC(=O)NC(COC1OC(CO)C(OC2OC(CO)C(OC3OC(CO)C(O)C(O)C3O)C(O)C2O)C(O)C1O)C(O)/C=C/CCCCCCCCCCCC. The van der Waals surface area contributed by atoms with E-state index in [2.05, 4.69) is 43.5 Å². The van der Waals surface area contributed by atoms with Gasteiger partial charge in [0.25, 0.3) is 0 Å². The number of ether oxygens (including phenoxy) is 6. The molecule has 0 aromatic rings. The Hall–Kier alpha value is -1.99. The molecule has 0 aromatic carbocycles. The molecule has 3 fully saturated rings. The molecule has 3 aliphatic heterocycles. The molecule has 0 radical (unpaired) electrons. The Morgan fingerprint density at radius 3 is 1.31 bits per heavy atom. The van der Waals surface area contributed by atoms with E-state index in [9.17, 15) is 61.0 Å². The van der Waals surface area contributed by atoms with Crippen LogP contribution in [0.25, 0.3) is 0 Å². The number of hydrogen-bond donors (Lipinski definition) is 12. The van der Waals surface area contributed by atoms with E-state index >= 15 is 0 Å². The fraction of sp³-hybridized carbons (Fsp3) is 0.881. The van der Waals surface area contributed by atoms with Crippen LogP contribution < -0.4 is 5.32 Å². The molecule has 17 atom stereocenters. The molecule has 3 rings (SSSR count). The van der Waals surface area contributed by atoms with Gasteiger partial charge in [-0.2, -0.15) is 0 Å². The van der Waals surface area contributed by atoms with Gasteiger partial charge in [0.05, 0.1) is 38.6 Å². The van der Waals surface area contributed by atoms with Crippen LogP contribution in [0, 0.1) is 0 Å². The molecule has 78 heavy (non-hydrogen) atoms. The van der Waals surface area contributed by atoms with Crippen LogP contribution in [0.15, 0.2) is 36.5 Å². The zero-order valence-electron chi connectivity index (χ0n) is 47.4. The van der Waals surface area contributed by atoms with Crippen molar-refractivity contribution in [2.45, 2.75) is 304 Å². The van der Waals surface area contributed by atoms with Crippen molar-refractivity contribution in [3.8, 4) is 0 Å². The van der Waals surface area contributed by atoms with Crippen molar-refractivity contribution in [1.29, 1.82) is 0 Å². The lowest BCUT2D eigenvalue weighted by atomic mass is 9.96. The van der Waals surface area contributed by atoms with Gasteiger partial charge in [0.2, 0.25) is 5.91 Å². The quantitative estimate of drug-likeness (QED) is 0.0271. The van der Waals surface area contributed by atoms with Crippen molar-refractivity contribution < 1.29 is 89.4 Å². The Balaban J connectivity index is 1.48. The number of carbonyl (C=O) groups excluding carboxylic acids is 1. The summed E-state index contributed by atoms with van der Waals surface area (Å²) >= 11 is 0. The molecule has 0 aliphatic carbocycles. The van der Waals surface area contributed by atoms with E-state index < -0.39 is 124 Å². The predicted octanol–water partition coefficient (Wildman–Crippen LogP) is 5.32. The molecule has 3 saturated heterocycles. The molecular formula is C59H107NO18. The summed E-state index contributed by atoms with van der Waals surface area (Å²) in [4.78, 5) is 13.3. The topological polar surface area (TPSA) is 307 Å². The van der Waals surface area contributed by atoms with Gasteiger partial charge >= 0.3 is 0 Å². The highest BCUT2D eigenvalue weighted by atomic mass is 16.8. The minimum atomic E-state index is -1.98. The molecule has 19 nitrogen and oxygen atoms in total. The molecule has 3 heterocycles. The number of aliphatic hydroxyl groups excluding tert-OH is 11. The lowest BCUT2D eigenvalue weighted by molar-refractivity contribution is -0.379. The highest BCUT2D eigenvalue weighted by molar-refractivity contribution is 5.76. The molecule has 0 aromatic heterocycles. The Morgan fingerprint density at radius 1 is 0.462 bits per heavy atom. The maximum Gasteiger partial charge on any atom is 0.220 e. The van der Waals surface area contributed by atoms with Gasteiger partial charge in [-0.05, 0) is 51.4 Å². The Bertz CT molecular complexity index is 1570. The molecule has 1 amide bonds. The number of unbranched alkanes of at least 4 members (excludes halogenated alkanes) is 24. The van der Waals surface area contributed by atoms with Crippen molar-refractivity contribution >= 4 is 5.91 Å². The van der Waals surface area contributed by atoms with Crippen LogP contribution in [0.4, 0.5) is 0 Å². The van der Waals surface area contributed by atoms with Crippen LogP contribution in [-0.4, -0.2) is 193 Å². The number of allylic oxidation sites excluding steroid dienone is 5. The standard InChI is InChI=1S/C59H107NO18/c1-3-5-7-9-11-13-15-17-18-19-20-21-22-23-24-25-27-29-31-33-35-37-47(65)60-42(43(64)36-34-32-30-28-26-16-14-12-10-8-6-4-2)41-73-57-53(71)50(68)55(45(39-62)75-57)78-59-54(72)51(69)56(46(40-63)76-59)77-58-52(70)49(67)48(66)44(38-61)74-58/h15,17,19-20,34,36,42-46,48-59,61-64,66-72H,3-14,16,18,21-33,35,37-41H2,1-2H3,(H,60,65)/b17-15-,20-19-,36-34+. The second-order valence-corrected chi connectivity index (χ2v) is 21.8. The molecule has 12 N–H and O–H groups in total. The third kappa shape index (κ3) is 26.5. The summed E-state index contributed by atoms with van der Waals surface area (Å²) < 4.78 is 34.2. The van der Waals surface area contributed by atoms with Crippen molar-refractivity contribution in [1.82, 2.24) is 5.32 Å². The Kier molecular flexibility index (Phi) is 38.5. The number of amides is 1. The smallest absolute Gasteiger partial charge is 0.220 e. The van der Waals surface area contributed by atoms with E-state index in [1.165, 1.54) is 109 Å². The van der Waals surface area contributed by atoms with Gasteiger partial charge in [0.15, 0.2) is 18.9 Å². The highest BCUT2D eigenvalue weighted by Crippen LogP contribution is 2.33. The van der Waals surface area contributed by atoms with Gasteiger partial charge < -0.3 is 89.9 Å². The Labute approximate surface area is 466 Å². The van der Waals surface area contributed by atoms with Crippen LogP contribution in [0.3, 0.4) is 0 Å². The van der Waals surface area contributed by atoms with E-state index in [-0.39, 0.29) is 18.9 Å². The lowest BCUT2D eigenvalue weighted by Crippen LogP contribution is -2.66. The number of carbonyl (C=O) groups is 1. The van der Waals surface area contributed by atoms with E-state index in [4.69, 9.17) is 28.4 Å². The Morgan fingerprint density at radius 2 is 0.846 bits per heavy atom. The predicted molar refractivity (Wildman–Crippen MR) is 296 cm³/mol. The first kappa shape index (κ1) is 70.3. The van der Waals surface area contributed by atoms with Crippen molar-refractivity contribution in [2.24, 2.45) is 0 Å². The van der Waals surface area contributed by atoms with E-state index in [0.29, 0.717) is 6.42 Å². The third-order valence-corrected chi connectivity index (χ3v) is 15.2. The average molecular weight is 1120 g/mol. The summed E-state index contributed by atoms with van der Waals surface area (Å²) in [6.07, 6.45) is 18.4. The van der Waals surface area contributed by atoms with Gasteiger partial charge in [-0.1, -0.05) is 179 Å². The van der Waals surface area contributed by atoms with Gasteiger partial charge in [0, 0.05) is 6.42 Å². The molecule has 0 spiro atoms. The molecular weight excluding hydrogens is 1010 g/mol. The van der Waals surface area contributed by atoms with Crippen LogP contribution in [0.1, 0.15) is 200 Å². The normalized spacial score (nSPS) is 30.7. The number of rotatable bonds is 44. The molecule has 3 aliphatic rings. The first-order valence-electron chi connectivity index (χ1n) is 30.2. The maximum absolute atomic E-state index is 13.3. The zero-order valence-corrected chi connectivity index (χ0v) is 47.4. The summed E-state index contributed by atoms with van der Waals surface area (Å²) in [5, 5.41) is 120. The number of nitrogens with one attached hydrogen (secondary N) is 1. The first-order chi connectivity index (χ1) is 37.8. The lowest BCUT2D eigenvalue weighted by Gasteiger charge is -2.48. The maximum atomic E-state index is 13.3. The van der Waals surface area contributed by atoms with Crippen LogP contribution in [0.2, 0.25) is 0 Å². The summed E-state index contributed by atoms with van der Waals surface area (Å²) in [5.74, 6) is -0.282. The molecule has 0 saturated carbocycles. The number of hydrogen-bond acceptors (Lipinski definition) is 18. The second kappa shape index (κ2) is 42.8. The molecule has 19 heteroatoms. The van der Waals surface area contributed by atoms with E-state index in [1.807, 2.05) is 6.08 Å². The minimum absolute atomic E-state index is 0.238. The average Bonchev–Trinajstić information content (AvgIpc) is 3.46. The minimum Gasteiger partial charge on any atom is -0.394 e. The molecule has 17 unspecified atom stereocenters. The zero-order chi connectivity index (χ0) is 56.9. The van der Waals surface area contributed by atoms with Crippen LogP contribution in [0.5, 0.6) is 0 Å². The van der Waals surface area contributed by atoms with E-state index in [1.54, 1.807) is 6.08 Å². The first-order valence-corrected chi connectivity index (χ1v) is 30.2. The van der Waals surface area contributed by atoms with Crippen molar-refractivity contribution in [3.63, 3.8) is 0 Å². The number of aliphatic hydroxyl groups is 11. The van der Waals surface area contributed by atoms with Crippen LogP contribution >= 0.6 is 0 Å². The summed E-state index contributed by atoms with van der Waals surface area (Å²) in [5.41, 5.74) is 0. The highest BCUT2D eigenvalue weighted by Gasteiger charge is 2.53. The monoisotopic (exact) mass is 1120 g/mol. The fourth-order valence-electron chi connectivity index (χ4n) is 10.2. The van der Waals surface area contributed by atoms with Crippen molar-refractivity contribution in [2.75, 3.05) is 26.4 Å². The van der Waals surface area contributed by atoms with Crippen LogP contribution in [-0.2, 0) is 33.2 Å². The van der Waals surface area contributed by atoms with Gasteiger partial charge in [0.1, 0.15) is 73.2 Å². The largest absolute Gasteiger partial charge is 0.394 e. The second-order valence-electron chi connectivity index (χ2n) is 21.8. The molecule has 0 bridgehead atoms. The molecule has 456 valence electrons. The summed E-state index contributed by atoms with van der Waals surface area (Å²) in [7, 11) is 0. The summed E-state index contributed by atoms with van der Waals surface area (Å²) in [6.45, 7) is 1.69. The van der Waals surface area contributed by atoms with Gasteiger partial charge in [-0.15, -0.1) is 0 Å².